The molecule has 10 nitrogen and oxygen atoms in total. The third-order valence-electron chi connectivity index (χ3n) is 9.04. The summed E-state index contributed by atoms with van der Waals surface area (Å²) in [5.41, 5.74) is 19.8. The molecule has 2 fully saturated rings. The smallest absolute Gasteiger partial charge is 0.410 e. The predicted octanol–water partition coefficient (Wildman–Crippen LogP) is 5.87. The summed E-state index contributed by atoms with van der Waals surface area (Å²) >= 11 is 6.35. The number of likely N-dealkylation sites (N-methyl/N-ethyl adjacent to an activating group) is 1. The van der Waals surface area contributed by atoms with Crippen LogP contribution >= 0.6 is 20.8 Å². The third kappa shape index (κ3) is 10.5. The molecule has 1 amide bonds. The summed E-state index contributed by atoms with van der Waals surface area (Å²) in [6.45, 7) is 11.9. The zero-order valence-electron chi connectivity index (χ0n) is 29.3. The monoisotopic (exact) mass is 706 g/mol. The Hall–Kier alpha value is -3.56. The molecule has 1 atom stereocenters. The first-order chi connectivity index (χ1) is 23.3. The van der Waals surface area contributed by atoms with Crippen molar-refractivity contribution in [3.63, 3.8) is 0 Å². The Morgan fingerprint density at radius 1 is 1.08 bits per heavy atom. The maximum absolute atomic E-state index is 13.0. The standard InChI is InChI=1S/C37H52ClN8O2P/c1-37(2,3)48-36(47)46-15-6-9-26(24-46)35(40)32(23-30(39)29-21-27(38)10-11-33(29)49)42-28-12-14-41-34(22-28)43-31(25-7-5-8-25)13-16-45-19-17-44(4)18-20-45/h9-12,14,21-23H,5-8,13,15-20,24,39-40,49H2,1-4H3,(H2,41,42,43)/b30-23-,35-32+. The normalized spacial score (nSPS) is 18.3. The molecule has 2 aromatic rings. The van der Waals surface area contributed by atoms with E-state index in [2.05, 4.69) is 47.8 Å². The van der Waals surface area contributed by atoms with Crippen LogP contribution in [0.2, 0.25) is 5.02 Å². The van der Waals surface area contributed by atoms with Crippen LogP contribution in [0.15, 0.2) is 76.9 Å². The Kier molecular flexibility index (Phi) is 12.3. The molecule has 1 saturated carbocycles. The van der Waals surface area contributed by atoms with Crippen molar-refractivity contribution in [3.8, 4) is 0 Å². The van der Waals surface area contributed by atoms with E-state index in [1.807, 2.05) is 57.2 Å². The van der Waals surface area contributed by atoms with Gasteiger partial charge in [0.05, 0.1) is 17.9 Å². The molecule has 1 saturated heterocycles. The van der Waals surface area contributed by atoms with Crippen molar-refractivity contribution in [1.29, 1.82) is 0 Å². The number of anilines is 2. The fourth-order valence-electron chi connectivity index (χ4n) is 6.00. The number of ether oxygens (including phenoxy) is 1. The Morgan fingerprint density at radius 2 is 1.84 bits per heavy atom. The molecule has 2 aliphatic heterocycles. The number of allylic oxidation sites excluding steroid dienone is 2. The Morgan fingerprint density at radius 3 is 2.53 bits per heavy atom. The molecule has 0 bridgehead atoms. The van der Waals surface area contributed by atoms with Gasteiger partial charge in [0, 0.05) is 85.6 Å². The third-order valence-corrected chi connectivity index (χ3v) is 9.78. The second-order valence-electron chi connectivity index (χ2n) is 14.1. The summed E-state index contributed by atoms with van der Waals surface area (Å²) in [6.07, 6.45) is 10.4. The van der Waals surface area contributed by atoms with Crippen LogP contribution < -0.4 is 27.4 Å². The van der Waals surface area contributed by atoms with E-state index in [-0.39, 0.29) is 6.09 Å². The highest BCUT2D eigenvalue weighted by Gasteiger charge is 2.26. The van der Waals surface area contributed by atoms with E-state index in [9.17, 15) is 4.79 Å². The van der Waals surface area contributed by atoms with Crippen molar-refractivity contribution in [2.24, 2.45) is 11.5 Å². The van der Waals surface area contributed by atoms with Gasteiger partial charge in [-0.3, -0.25) is 0 Å². The molecule has 3 heterocycles. The number of carbonyl (C=O) groups excluding carboxylic acids is 1. The van der Waals surface area contributed by atoms with E-state index in [1.54, 1.807) is 11.1 Å². The average molecular weight is 707 g/mol. The number of nitrogens with zero attached hydrogens (tertiary/aromatic N) is 4. The van der Waals surface area contributed by atoms with E-state index in [0.717, 1.165) is 79.9 Å². The number of benzene rings is 1. The maximum Gasteiger partial charge on any atom is 0.410 e. The molecule has 0 radical (unpaired) electrons. The van der Waals surface area contributed by atoms with E-state index in [1.165, 1.54) is 17.7 Å². The van der Waals surface area contributed by atoms with Crippen molar-refractivity contribution in [2.75, 3.05) is 63.5 Å². The fraction of sp³-hybridized carbons (Fsp3) is 0.459. The van der Waals surface area contributed by atoms with Gasteiger partial charge in [-0.1, -0.05) is 29.3 Å². The average Bonchev–Trinajstić information content (AvgIpc) is 3.03. The molecule has 0 spiro atoms. The van der Waals surface area contributed by atoms with Crippen molar-refractivity contribution >= 4 is 49.4 Å². The molecule has 1 aromatic heterocycles. The number of carbonyl (C=O) groups is 1. The highest BCUT2D eigenvalue weighted by molar-refractivity contribution is 7.27. The number of nitrogens with one attached hydrogen (secondary N) is 2. The van der Waals surface area contributed by atoms with Gasteiger partial charge in [0.25, 0.3) is 0 Å². The minimum Gasteiger partial charge on any atom is -0.444 e. The minimum absolute atomic E-state index is 0.319. The summed E-state index contributed by atoms with van der Waals surface area (Å²) in [6, 6.07) is 9.47. The zero-order valence-corrected chi connectivity index (χ0v) is 31.2. The molecule has 264 valence electrons. The fourth-order valence-corrected chi connectivity index (χ4v) is 6.52. The Bertz CT molecular complexity index is 1630. The molecule has 1 aromatic carbocycles. The Balaban J connectivity index is 1.40. The van der Waals surface area contributed by atoms with E-state index >= 15 is 0 Å². The summed E-state index contributed by atoms with van der Waals surface area (Å²) in [5.74, 6) is 0.766. The number of amides is 1. The van der Waals surface area contributed by atoms with Crippen LogP contribution in [0, 0.1) is 0 Å². The van der Waals surface area contributed by atoms with Crippen molar-refractivity contribution in [2.45, 2.75) is 58.5 Å². The van der Waals surface area contributed by atoms with Crippen molar-refractivity contribution in [1.82, 2.24) is 19.7 Å². The lowest BCUT2D eigenvalue weighted by molar-refractivity contribution is 0.0263. The first kappa shape index (κ1) is 36.7. The highest BCUT2D eigenvalue weighted by atomic mass is 35.5. The molecule has 6 N–H and O–H groups in total. The van der Waals surface area contributed by atoms with Gasteiger partial charge in [-0.25, -0.2) is 9.78 Å². The van der Waals surface area contributed by atoms with Gasteiger partial charge in [-0.05, 0) is 88.7 Å². The molecular formula is C37H52ClN8O2P. The van der Waals surface area contributed by atoms with E-state index in [0.29, 0.717) is 41.6 Å². The zero-order chi connectivity index (χ0) is 35.1. The van der Waals surface area contributed by atoms with Crippen LogP contribution in [-0.4, -0.2) is 84.2 Å². The number of pyridine rings is 1. The molecular weight excluding hydrogens is 655 g/mol. The van der Waals surface area contributed by atoms with Crippen LogP contribution in [0.4, 0.5) is 16.3 Å². The molecule has 49 heavy (non-hydrogen) atoms. The van der Waals surface area contributed by atoms with Crippen LogP contribution in [0.25, 0.3) is 5.70 Å². The van der Waals surface area contributed by atoms with Crippen LogP contribution in [-0.2, 0) is 4.74 Å². The Labute approximate surface area is 298 Å². The van der Waals surface area contributed by atoms with E-state index < -0.39 is 5.60 Å². The molecule has 1 aliphatic carbocycles. The van der Waals surface area contributed by atoms with Crippen LogP contribution in [0.1, 0.15) is 58.4 Å². The summed E-state index contributed by atoms with van der Waals surface area (Å²) < 4.78 is 5.66. The number of aromatic nitrogens is 1. The molecule has 1 unspecified atom stereocenters. The topological polar surface area (TPSA) is 125 Å². The maximum atomic E-state index is 13.0. The lowest BCUT2D eigenvalue weighted by Crippen LogP contribution is -2.44. The summed E-state index contributed by atoms with van der Waals surface area (Å²) in [4.78, 5) is 24.3. The number of piperazine rings is 1. The van der Waals surface area contributed by atoms with Gasteiger partial charge >= 0.3 is 6.09 Å². The minimum atomic E-state index is -0.595. The van der Waals surface area contributed by atoms with Gasteiger partial charge < -0.3 is 41.5 Å². The molecule has 3 aliphatic rings. The van der Waals surface area contributed by atoms with Gasteiger partial charge in [-0.15, -0.1) is 9.24 Å². The number of halogens is 1. The van der Waals surface area contributed by atoms with Crippen LogP contribution in [0.3, 0.4) is 0 Å². The predicted molar refractivity (Wildman–Crippen MR) is 206 cm³/mol. The number of rotatable bonds is 10. The first-order valence-corrected chi connectivity index (χ1v) is 18.1. The molecule has 12 heteroatoms. The quantitative estimate of drug-likeness (QED) is 0.177. The SMILES string of the molecule is CN1CCN(CCC(Nc2cc(NC(/C=C(\N)c3cc(Cl)ccc3P)=C(/N)C3=CCCN(C(=O)OC(C)(C)C)C3)ccn2)=C2CCC2)CC1. The highest BCUT2D eigenvalue weighted by Crippen LogP contribution is 2.31. The molecule has 5 rings (SSSR count). The van der Waals surface area contributed by atoms with Gasteiger partial charge in [0.1, 0.15) is 11.4 Å². The number of hydrogen-bond donors (Lipinski definition) is 4. The van der Waals surface area contributed by atoms with Crippen molar-refractivity contribution in [3.05, 3.63) is 87.5 Å². The summed E-state index contributed by atoms with van der Waals surface area (Å²) in [7, 11) is 4.90. The second kappa shape index (κ2) is 16.4. The number of nitrogens with two attached hydrogens (primary N) is 2. The first-order valence-electron chi connectivity index (χ1n) is 17.2. The number of hydrogen-bond acceptors (Lipinski definition) is 9. The lowest BCUT2D eigenvalue weighted by atomic mass is 9.89. The lowest BCUT2D eigenvalue weighted by Gasteiger charge is -2.33. The van der Waals surface area contributed by atoms with Crippen molar-refractivity contribution < 1.29 is 9.53 Å². The van der Waals surface area contributed by atoms with E-state index in [4.69, 9.17) is 27.8 Å². The van der Waals surface area contributed by atoms with Gasteiger partial charge in [-0.2, -0.15) is 0 Å². The van der Waals surface area contributed by atoms with Gasteiger partial charge in [0.2, 0.25) is 0 Å². The largest absolute Gasteiger partial charge is 0.444 e. The second-order valence-corrected chi connectivity index (χ2v) is 15.1. The van der Waals surface area contributed by atoms with Gasteiger partial charge in [0.15, 0.2) is 0 Å². The summed E-state index contributed by atoms with van der Waals surface area (Å²) in [5, 5.41) is 8.69. The van der Waals surface area contributed by atoms with Crippen LogP contribution in [0.5, 0.6) is 0 Å².